The SMILES string of the molecule is CCN1C(=O)/C(=C\c2ccc(-c3cc(C(=O)O)ccc3C)o2)SC1=Nc1ccc(F)cc1. The van der Waals surface area contributed by atoms with Crippen molar-refractivity contribution in [1.82, 2.24) is 4.90 Å². The molecule has 2 aromatic carbocycles. The topological polar surface area (TPSA) is 83.1 Å². The number of hydrogen-bond acceptors (Lipinski definition) is 5. The Morgan fingerprint density at radius 3 is 2.62 bits per heavy atom. The second kappa shape index (κ2) is 8.84. The number of thioether (sulfide) groups is 1. The van der Waals surface area contributed by atoms with Gasteiger partial charge < -0.3 is 9.52 Å². The van der Waals surface area contributed by atoms with Crippen molar-refractivity contribution >= 4 is 40.6 Å². The van der Waals surface area contributed by atoms with E-state index in [1.165, 1.54) is 23.9 Å². The molecule has 1 aliphatic heterocycles. The highest BCUT2D eigenvalue weighted by atomic mass is 32.2. The van der Waals surface area contributed by atoms with Crippen LogP contribution >= 0.6 is 11.8 Å². The summed E-state index contributed by atoms with van der Waals surface area (Å²) in [4.78, 5) is 30.6. The molecule has 0 bridgehead atoms. The quantitative estimate of drug-likeness (QED) is 0.503. The highest BCUT2D eigenvalue weighted by Crippen LogP contribution is 2.35. The Morgan fingerprint density at radius 1 is 1.19 bits per heavy atom. The molecule has 1 aliphatic rings. The number of nitrogens with zero attached hydrogens (tertiary/aromatic N) is 2. The van der Waals surface area contributed by atoms with Crippen LogP contribution in [0.1, 0.15) is 28.6 Å². The smallest absolute Gasteiger partial charge is 0.335 e. The van der Waals surface area contributed by atoms with Gasteiger partial charge in [-0.05, 0) is 79.7 Å². The summed E-state index contributed by atoms with van der Waals surface area (Å²) in [6, 6.07) is 14.1. The van der Waals surface area contributed by atoms with Crippen LogP contribution in [0.3, 0.4) is 0 Å². The lowest BCUT2D eigenvalue weighted by molar-refractivity contribution is -0.122. The highest BCUT2D eigenvalue weighted by molar-refractivity contribution is 8.18. The van der Waals surface area contributed by atoms with Crippen molar-refractivity contribution in [3.63, 3.8) is 0 Å². The zero-order valence-electron chi connectivity index (χ0n) is 17.3. The molecule has 0 spiro atoms. The van der Waals surface area contributed by atoms with E-state index >= 15 is 0 Å². The van der Waals surface area contributed by atoms with Crippen LogP contribution in [0.5, 0.6) is 0 Å². The number of aliphatic imine (C=N–C) groups is 1. The Kier molecular flexibility index (Phi) is 5.96. The number of aromatic carboxylic acids is 1. The number of carboxylic acids is 1. The van der Waals surface area contributed by atoms with Gasteiger partial charge >= 0.3 is 5.97 Å². The third-order valence-corrected chi connectivity index (χ3v) is 5.91. The van der Waals surface area contributed by atoms with E-state index in [0.717, 1.165) is 5.56 Å². The number of hydrogen-bond donors (Lipinski definition) is 1. The number of aryl methyl sites for hydroxylation is 1. The van der Waals surface area contributed by atoms with Crippen LogP contribution in [0, 0.1) is 12.7 Å². The predicted molar refractivity (Wildman–Crippen MR) is 122 cm³/mol. The van der Waals surface area contributed by atoms with Crippen molar-refractivity contribution in [2.75, 3.05) is 6.54 Å². The highest BCUT2D eigenvalue weighted by Gasteiger charge is 2.32. The van der Waals surface area contributed by atoms with Gasteiger partial charge in [0.1, 0.15) is 17.3 Å². The fourth-order valence-corrected chi connectivity index (χ4v) is 4.26. The maximum Gasteiger partial charge on any atom is 0.335 e. The van der Waals surface area contributed by atoms with Crippen molar-refractivity contribution in [2.24, 2.45) is 4.99 Å². The van der Waals surface area contributed by atoms with E-state index in [4.69, 9.17) is 4.42 Å². The van der Waals surface area contributed by atoms with E-state index < -0.39 is 5.97 Å². The third kappa shape index (κ3) is 4.36. The zero-order chi connectivity index (χ0) is 22.8. The van der Waals surface area contributed by atoms with Gasteiger partial charge in [-0.3, -0.25) is 9.69 Å². The molecule has 1 aromatic heterocycles. The molecule has 1 amide bonds. The number of likely N-dealkylation sites (N-methyl/N-ethyl adjacent to an activating group) is 1. The third-order valence-electron chi connectivity index (χ3n) is 4.91. The zero-order valence-corrected chi connectivity index (χ0v) is 18.1. The predicted octanol–water partition coefficient (Wildman–Crippen LogP) is 5.72. The normalized spacial score (nSPS) is 16.3. The van der Waals surface area contributed by atoms with E-state index in [-0.39, 0.29) is 17.3 Å². The maximum absolute atomic E-state index is 13.2. The first-order valence-electron chi connectivity index (χ1n) is 9.85. The van der Waals surface area contributed by atoms with Crippen LogP contribution in [-0.2, 0) is 4.79 Å². The molecule has 0 unspecified atom stereocenters. The number of amidine groups is 1. The van der Waals surface area contributed by atoms with Crippen molar-refractivity contribution in [1.29, 1.82) is 0 Å². The van der Waals surface area contributed by atoms with E-state index in [0.29, 0.717) is 39.4 Å². The molecule has 3 aromatic rings. The number of halogens is 1. The second-order valence-electron chi connectivity index (χ2n) is 7.07. The van der Waals surface area contributed by atoms with Crippen LogP contribution in [-0.4, -0.2) is 33.6 Å². The lowest BCUT2D eigenvalue weighted by atomic mass is 10.0. The first kappa shape index (κ1) is 21.6. The van der Waals surface area contributed by atoms with E-state index in [1.807, 2.05) is 13.8 Å². The standard InChI is InChI=1S/C24H19FN2O4S/c1-3-27-22(28)21(32-24(27)26-17-8-6-16(25)7-9-17)13-18-10-11-20(31-18)19-12-15(23(29)30)5-4-14(19)2/h4-13H,3H2,1-2H3,(H,29,30)/b21-13+,26-24?. The molecule has 1 saturated heterocycles. The number of benzene rings is 2. The van der Waals surface area contributed by atoms with Crippen molar-refractivity contribution in [2.45, 2.75) is 13.8 Å². The first-order valence-corrected chi connectivity index (χ1v) is 10.7. The number of rotatable bonds is 5. The van der Waals surface area contributed by atoms with Gasteiger partial charge in [-0.2, -0.15) is 0 Å². The molecule has 32 heavy (non-hydrogen) atoms. The van der Waals surface area contributed by atoms with Crippen LogP contribution in [0.4, 0.5) is 10.1 Å². The molecule has 6 nitrogen and oxygen atoms in total. The summed E-state index contributed by atoms with van der Waals surface area (Å²) in [5, 5.41) is 9.76. The van der Waals surface area contributed by atoms with Gasteiger partial charge in [0, 0.05) is 18.2 Å². The second-order valence-corrected chi connectivity index (χ2v) is 8.08. The molecule has 8 heteroatoms. The van der Waals surface area contributed by atoms with Gasteiger partial charge in [0.2, 0.25) is 0 Å². The van der Waals surface area contributed by atoms with E-state index in [1.54, 1.807) is 53.4 Å². The summed E-state index contributed by atoms with van der Waals surface area (Å²) in [7, 11) is 0. The van der Waals surface area contributed by atoms with E-state index in [9.17, 15) is 19.1 Å². The summed E-state index contributed by atoms with van der Waals surface area (Å²) in [5.74, 6) is -0.577. The summed E-state index contributed by atoms with van der Waals surface area (Å²) in [5.41, 5.74) is 2.27. The molecule has 1 fully saturated rings. The lowest BCUT2D eigenvalue weighted by Gasteiger charge is -2.11. The Morgan fingerprint density at radius 2 is 1.94 bits per heavy atom. The molecule has 0 radical (unpaired) electrons. The van der Waals surface area contributed by atoms with Gasteiger partial charge in [0.05, 0.1) is 16.2 Å². The molecule has 162 valence electrons. The van der Waals surface area contributed by atoms with Gasteiger partial charge in [-0.1, -0.05) is 6.07 Å². The molecule has 4 rings (SSSR count). The molecular formula is C24H19FN2O4S. The fourth-order valence-electron chi connectivity index (χ4n) is 3.22. The minimum atomic E-state index is -1.01. The Bertz CT molecular complexity index is 1260. The van der Waals surface area contributed by atoms with Crippen molar-refractivity contribution in [3.8, 4) is 11.3 Å². The average Bonchev–Trinajstić information content (AvgIpc) is 3.34. The van der Waals surface area contributed by atoms with Gasteiger partial charge in [0.25, 0.3) is 5.91 Å². The van der Waals surface area contributed by atoms with Gasteiger partial charge in [-0.25, -0.2) is 14.2 Å². The van der Waals surface area contributed by atoms with Crippen LogP contribution < -0.4 is 0 Å². The Hall–Kier alpha value is -3.65. The minimum absolute atomic E-state index is 0.170. The molecule has 2 heterocycles. The van der Waals surface area contributed by atoms with E-state index in [2.05, 4.69) is 4.99 Å². The number of carbonyl (C=O) groups is 2. The summed E-state index contributed by atoms with van der Waals surface area (Å²) >= 11 is 1.22. The molecule has 1 N–H and O–H groups in total. The van der Waals surface area contributed by atoms with Gasteiger partial charge in [-0.15, -0.1) is 0 Å². The summed E-state index contributed by atoms with van der Waals surface area (Å²) < 4.78 is 19.0. The number of amides is 1. The van der Waals surface area contributed by atoms with Crippen molar-refractivity contribution < 1.29 is 23.5 Å². The Balaban J connectivity index is 1.63. The number of carbonyl (C=O) groups excluding carboxylic acids is 1. The average molecular weight is 450 g/mol. The summed E-state index contributed by atoms with van der Waals surface area (Å²) in [6.07, 6.45) is 1.64. The molecule has 0 saturated carbocycles. The Labute approximate surface area is 188 Å². The lowest BCUT2D eigenvalue weighted by Crippen LogP contribution is -2.28. The maximum atomic E-state index is 13.2. The number of carboxylic acid groups (broad SMARTS) is 1. The summed E-state index contributed by atoms with van der Waals surface area (Å²) in [6.45, 7) is 4.16. The van der Waals surface area contributed by atoms with Crippen LogP contribution in [0.2, 0.25) is 0 Å². The van der Waals surface area contributed by atoms with Crippen LogP contribution in [0.25, 0.3) is 17.4 Å². The largest absolute Gasteiger partial charge is 0.478 e. The van der Waals surface area contributed by atoms with Crippen molar-refractivity contribution in [3.05, 3.63) is 82.2 Å². The fraction of sp³-hybridized carbons (Fsp3) is 0.125. The minimum Gasteiger partial charge on any atom is -0.478 e. The molecular weight excluding hydrogens is 431 g/mol. The number of furan rings is 1. The molecule has 0 atom stereocenters. The van der Waals surface area contributed by atoms with Gasteiger partial charge in [0.15, 0.2) is 5.17 Å². The first-order chi connectivity index (χ1) is 15.4. The van der Waals surface area contributed by atoms with Crippen LogP contribution in [0.15, 0.2) is 68.9 Å². The monoisotopic (exact) mass is 450 g/mol. The molecule has 0 aliphatic carbocycles.